The molecular formula is C21H28O7. The highest BCUT2D eigenvalue weighted by Gasteiger charge is 2.25. The van der Waals surface area contributed by atoms with Crippen molar-refractivity contribution in [3.63, 3.8) is 0 Å². The average molecular weight is 392 g/mol. The van der Waals surface area contributed by atoms with Crippen LogP contribution >= 0.6 is 0 Å². The normalized spacial score (nSPS) is 12.8. The second kappa shape index (κ2) is 12.7. The minimum absolute atomic E-state index is 0.0664. The second-order valence-electron chi connectivity index (χ2n) is 6.38. The van der Waals surface area contributed by atoms with E-state index in [9.17, 15) is 19.5 Å². The Morgan fingerprint density at radius 1 is 1.00 bits per heavy atom. The molecule has 0 saturated heterocycles. The van der Waals surface area contributed by atoms with E-state index in [1.54, 1.807) is 31.2 Å². The second-order valence-corrected chi connectivity index (χ2v) is 6.38. The molecule has 1 aromatic rings. The van der Waals surface area contributed by atoms with Gasteiger partial charge in [-0.2, -0.15) is 0 Å². The molecule has 2 N–H and O–H groups in total. The van der Waals surface area contributed by atoms with E-state index >= 15 is 0 Å². The number of hydrogen-bond acceptors (Lipinski definition) is 5. The van der Waals surface area contributed by atoms with E-state index in [0.29, 0.717) is 6.61 Å². The number of aliphatic carboxylic acids is 2. The minimum Gasteiger partial charge on any atom is -0.481 e. The lowest BCUT2D eigenvalue weighted by Gasteiger charge is -2.19. The first kappa shape index (κ1) is 23.4. The van der Waals surface area contributed by atoms with Crippen LogP contribution in [0.3, 0.4) is 0 Å². The molecule has 0 spiro atoms. The average Bonchev–Trinajstić information content (AvgIpc) is 2.67. The van der Waals surface area contributed by atoms with Gasteiger partial charge in [0, 0.05) is 18.1 Å². The van der Waals surface area contributed by atoms with Crippen LogP contribution in [0, 0.1) is 0 Å². The Morgan fingerprint density at radius 2 is 1.68 bits per heavy atom. The molecule has 28 heavy (non-hydrogen) atoms. The third-order valence-electron chi connectivity index (χ3n) is 4.26. The van der Waals surface area contributed by atoms with Gasteiger partial charge in [0.05, 0.1) is 19.4 Å². The van der Waals surface area contributed by atoms with Crippen molar-refractivity contribution in [1.82, 2.24) is 0 Å². The molecule has 0 fully saturated rings. The van der Waals surface area contributed by atoms with Crippen molar-refractivity contribution in [2.45, 2.75) is 45.4 Å². The fraction of sp³-hybridized carbons (Fsp3) is 0.476. The monoisotopic (exact) mass is 392 g/mol. The summed E-state index contributed by atoms with van der Waals surface area (Å²) in [5, 5.41) is 18.6. The SMILES string of the molecule is CCCCOCCOC(=O)CC(=C(CC(=O)O)C(=O)O)C(C)c1ccccc1. The Bertz CT molecular complexity index is 679. The molecule has 0 aliphatic carbocycles. The molecule has 0 radical (unpaired) electrons. The van der Waals surface area contributed by atoms with Crippen LogP contribution in [0.4, 0.5) is 0 Å². The first-order chi connectivity index (χ1) is 13.4. The van der Waals surface area contributed by atoms with Crippen LogP contribution in [0.2, 0.25) is 0 Å². The number of ether oxygens (including phenoxy) is 2. The van der Waals surface area contributed by atoms with E-state index < -0.39 is 30.2 Å². The zero-order chi connectivity index (χ0) is 20.9. The number of carboxylic acids is 2. The summed E-state index contributed by atoms with van der Waals surface area (Å²) in [6.45, 7) is 4.71. The molecule has 0 heterocycles. The number of hydrogen-bond donors (Lipinski definition) is 2. The maximum absolute atomic E-state index is 12.2. The fourth-order valence-electron chi connectivity index (χ4n) is 2.71. The van der Waals surface area contributed by atoms with E-state index in [-0.39, 0.29) is 30.8 Å². The van der Waals surface area contributed by atoms with Gasteiger partial charge >= 0.3 is 17.9 Å². The first-order valence-corrected chi connectivity index (χ1v) is 9.32. The lowest BCUT2D eigenvalue weighted by atomic mass is 9.86. The molecule has 1 unspecified atom stereocenters. The molecular weight excluding hydrogens is 364 g/mol. The Kier molecular flexibility index (Phi) is 10.6. The summed E-state index contributed by atoms with van der Waals surface area (Å²) >= 11 is 0. The molecule has 1 atom stereocenters. The van der Waals surface area contributed by atoms with Crippen LogP contribution in [-0.2, 0) is 23.9 Å². The zero-order valence-corrected chi connectivity index (χ0v) is 16.3. The van der Waals surface area contributed by atoms with Gasteiger partial charge in [0.1, 0.15) is 6.61 Å². The smallest absolute Gasteiger partial charge is 0.332 e. The molecule has 7 nitrogen and oxygen atoms in total. The maximum atomic E-state index is 12.2. The van der Waals surface area contributed by atoms with E-state index in [4.69, 9.17) is 14.6 Å². The predicted octanol–water partition coefficient (Wildman–Crippen LogP) is 3.40. The summed E-state index contributed by atoms with van der Waals surface area (Å²) in [6.07, 6.45) is 0.967. The Balaban J connectivity index is 2.93. The highest BCUT2D eigenvalue weighted by molar-refractivity contribution is 5.94. The molecule has 0 aliphatic heterocycles. The van der Waals surface area contributed by atoms with E-state index in [1.165, 1.54) is 0 Å². The summed E-state index contributed by atoms with van der Waals surface area (Å²) < 4.78 is 10.5. The van der Waals surface area contributed by atoms with Crippen LogP contribution < -0.4 is 0 Å². The van der Waals surface area contributed by atoms with Gasteiger partial charge in [0.2, 0.25) is 0 Å². The number of benzene rings is 1. The van der Waals surface area contributed by atoms with Crippen molar-refractivity contribution < 1.29 is 34.1 Å². The molecule has 0 aliphatic rings. The maximum Gasteiger partial charge on any atom is 0.332 e. The van der Waals surface area contributed by atoms with Gasteiger partial charge in [-0.1, -0.05) is 50.6 Å². The largest absolute Gasteiger partial charge is 0.481 e. The Morgan fingerprint density at radius 3 is 2.25 bits per heavy atom. The van der Waals surface area contributed by atoms with Gasteiger partial charge < -0.3 is 19.7 Å². The summed E-state index contributed by atoms with van der Waals surface area (Å²) in [5.41, 5.74) is 0.732. The summed E-state index contributed by atoms with van der Waals surface area (Å²) in [7, 11) is 0. The number of carbonyl (C=O) groups excluding carboxylic acids is 1. The van der Waals surface area contributed by atoms with Crippen molar-refractivity contribution in [2.24, 2.45) is 0 Å². The van der Waals surface area contributed by atoms with E-state index in [0.717, 1.165) is 18.4 Å². The molecule has 0 aromatic heterocycles. The highest BCUT2D eigenvalue weighted by atomic mass is 16.6. The lowest BCUT2D eigenvalue weighted by Crippen LogP contribution is -2.18. The zero-order valence-electron chi connectivity index (χ0n) is 16.3. The summed E-state index contributed by atoms with van der Waals surface area (Å²) in [4.78, 5) is 35.0. The van der Waals surface area contributed by atoms with Gasteiger partial charge in [0.15, 0.2) is 0 Å². The van der Waals surface area contributed by atoms with Gasteiger partial charge in [-0.05, 0) is 17.6 Å². The summed E-state index contributed by atoms with van der Waals surface area (Å²) in [5.74, 6) is -3.68. The van der Waals surface area contributed by atoms with Crippen molar-refractivity contribution in [1.29, 1.82) is 0 Å². The van der Waals surface area contributed by atoms with Gasteiger partial charge in [-0.15, -0.1) is 0 Å². The number of carboxylic acid groups (broad SMARTS) is 2. The highest BCUT2D eigenvalue weighted by Crippen LogP contribution is 2.30. The first-order valence-electron chi connectivity index (χ1n) is 9.32. The Hall–Kier alpha value is -2.67. The van der Waals surface area contributed by atoms with Crippen LogP contribution in [0.5, 0.6) is 0 Å². The van der Waals surface area contributed by atoms with E-state index in [1.807, 2.05) is 13.0 Å². The topological polar surface area (TPSA) is 110 Å². The molecule has 0 bridgehead atoms. The van der Waals surface area contributed by atoms with Crippen LogP contribution in [-0.4, -0.2) is 47.9 Å². The van der Waals surface area contributed by atoms with Crippen LogP contribution in [0.15, 0.2) is 41.5 Å². The molecule has 0 amide bonds. The number of carbonyl (C=O) groups is 3. The molecule has 1 aromatic carbocycles. The molecule has 154 valence electrons. The number of rotatable bonds is 13. The molecule has 0 saturated carbocycles. The number of unbranched alkanes of at least 4 members (excludes halogenated alkanes) is 1. The van der Waals surface area contributed by atoms with Crippen LogP contribution in [0.1, 0.15) is 51.0 Å². The standard InChI is InChI=1S/C21H28O7/c1-3-4-10-27-11-12-28-20(24)14-17(18(21(25)26)13-19(22)23)15(2)16-8-6-5-7-9-16/h5-9,15H,3-4,10-14H2,1-2H3,(H,22,23)(H,25,26). The van der Waals surface area contributed by atoms with Gasteiger partial charge in [-0.3, -0.25) is 9.59 Å². The quantitative estimate of drug-likeness (QED) is 0.301. The van der Waals surface area contributed by atoms with Crippen molar-refractivity contribution >= 4 is 17.9 Å². The van der Waals surface area contributed by atoms with Crippen molar-refractivity contribution in [2.75, 3.05) is 19.8 Å². The molecule has 1 rings (SSSR count). The van der Waals surface area contributed by atoms with Gasteiger partial charge in [-0.25, -0.2) is 4.79 Å². The number of esters is 1. The van der Waals surface area contributed by atoms with Crippen LogP contribution in [0.25, 0.3) is 0 Å². The van der Waals surface area contributed by atoms with Gasteiger partial charge in [0.25, 0.3) is 0 Å². The lowest BCUT2D eigenvalue weighted by molar-refractivity contribution is -0.144. The Labute approximate surface area is 165 Å². The van der Waals surface area contributed by atoms with E-state index in [2.05, 4.69) is 0 Å². The third kappa shape index (κ3) is 8.35. The molecule has 7 heteroatoms. The third-order valence-corrected chi connectivity index (χ3v) is 4.26. The minimum atomic E-state index is -1.35. The van der Waals surface area contributed by atoms with Crippen molar-refractivity contribution in [3.05, 3.63) is 47.0 Å². The fourth-order valence-corrected chi connectivity index (χ4v) is 2.71. The predicted molar refractivity (Wildman–Crippen MR) is 103 cm³/mol. The van der Waals surface area contributed by atoms with Crippen molar-refractivity contribution in [3.8, 4) is 0 Å². The summed E-state index contributed by atoms with van der Waals surface area (Å²) in [6, 6.07) is 9.03.